The van der Waals surface area contributed by atoms with Crippen LogP contribution in [0.25, 0.3) is 16.7 Å². The van der Waals surface area contributed by atoms with E-state index in [2.05, 4.69) is 31.7 Å². The molecule has 1 amide bonds. The standard InChI is InChI=1S/C28H38FN5O2/c1-7-19(8-2)25-24-20(9-3)18-23(30-26(24)34(31-25)22-12-10-21(29)11-13-22)32-14-16-33(17-15-32)27(35)36-28(4,5)6/h10-13,18-19H,7-9,14-17H2,1-6H3. The molecule has 1 aliphatic heterocycles. The number of ether oxygens (including phenoxy) is 1. The SMILES string of the molecule is CCc1cc(N2CCN(C(=O)OC(C)(C)C)CC2)nc2c1c(C(CC)CC)nn2-c1ccc(F)cc1. The number of pyridine rings is 1. The summed E-state index contributed by atoms with van der Waals surface area (Å²) in [5, 5.41) is 6.14. The molecule has 36 heavy (non-hydrogen) atoms. The fraction of sp³-hybridized carbons (Fsp3) is 0.536. The molecule has 0 aliphatic carbocycles. The van der Waals surface area contributed by atoms with Crippen molar-refractivity contribution in [2.24, 2.45) is 0 Å². The second-order valence-electron chi connectivity index (χ2n) is 10.4. The van der Waals surface area contributed by atoms with Crippen LogP contribution in [0.1, 0.15) is 71.6 Å². The van der Waals surface area contributed by atoms with E-state index in [0.717, 1.165) is 47.5 Å². The zero-order chi connectivity index (χ0) is 26.0. The molecule has 0 atom stereocenters. The number of carbonyl (C=O) groups is 1. The van der Waals surface area contributed by atoms with Crippen LogP contribution in [0, 0.1) is 5.82 Å². The maximum absolute atomic E-state index is 13.7. The van der Waals surface area contributed by atoms with Gasteiger partial charge in [0.1, 0.15) is 17.2 Å². The molecule has 0 bridgehead atoms. The summed E-state index contributed by atoms with van der Waals surface area (Å²) >= 11 is 0. The largest absolute Gasteiger partial charge is 0.444 e. The molecule has 4 rings (SSSR count). The summed E-state index contributed by atoms with van der Waals surface area (Å²) in [7, 11) is 0. The number of nitrogens with zero attached hydrogens (tertiary/aromatic N) is 5. The van der Waals surface area contributed by atoms with Gasteiger partial charge < -0.3 is 14.5 Å². The minimum atomic E-state index is -0.512. The van der Waals surface area contributed by atoms with Crippen LogP contribution >= 0.6 is 0 Å². The lowest BCUT2D eigenvalue weighted by atomic mass is 9.95. The Bertz CT molecular complexity index is 1200. The third-order valence-electron chi connectivity index (χ3n) is 6.81. The van der Waals surface area contributed by atoms with Crippen LogP contribution in [0.4, 0.5) is 15.0 Å². The van der Waals surface area contributed by atoms with Gasteiger partial charge in [-0.05, 0) is 75.9 Å². The summed E-state index contributed by atoms with van der Waals surface area (Å²) in [4.78, 5) is 21.6. The highest BCUT2D eigenvalue weighted by molar-refractivity contribution is 5.86. The molecule has 2 aromatic heterocycles. The Kier molecular flexibility index (Phi) is 7.52. The predicted molar refractivity (Wildman–Crippen MR) is 142 cm³/mol. The van der Waals surface area contributed by atoms with Gasteiger partial charge in [0.25, 0.3) is 0 Å². The van der Waals surface area contributed by atoms with Crippen LogP contribution in [-0.2, 0) is 11.2 Å². The highest BCUT2D eigenvalue weighted by Crippen LogP contribution is 2.35. The van der Waals surface area contributed by atoms with Gasteiger partial charge in [0, 0.05) is 37.5 Å². The van der Waals surface area contributed by atoms with E-state index < -0.39 is 5.60 Å². The van der Waals surface area contributed by atoms with Crippen molar-refractivity contribution in [3.63, 3.8) is 0 Å². The Morgan fingerprint density at radius 3 is 2.25 bits per heavy atom. The molecule has 194 valence electrons. The van der Waals surface area contributed by atoms with Gasteiger partial charge in [0.15, 0.2) is 5.65 Å². The second-order valence-corrected chi connectivity index (χ2v) is 10.4. The summed E-state index contributed by atoms with van der Waals surface area (Å²) in [6, 6.07) is 8.59. The molecule has 1 fully saturated rings. The van der Waals surface area contributed by atoms with E-state index in [1.54, 1.807) is 17.0 Å². The molecule has 7 nitrogen and oxygen atoms in total. The van der Waals surface area contributed by atoms with Crippen molar-refractivity contribution in [2.45, 2.75) is 72.3 Å². The fourth-order valence-corrected chi connectivity index (χ4v) is 4.81. The van der Waals surface area contributed by atoms with Crippen LogP contribution in [0.5, 0.6) is 0 Å². The number of fused-ring (bicyclic) bond motifs is 1. The highest BCUT2D eigenvalue weighted by Gasteiger charge is 2.28. The first-order valence-corrected chi connectivity index (χ1v) is 13.1. The lowest BCUT2D eigenvalue weighted by Gasteiger charge is -2.36. The molecule has 1 aromatic carbocycles. The van der Waals surface area contributed by atoms with Crippen LogP contribution in [-0.4, -0.2) is 57.5 Å². The van der Waals surface area contributed by atoms with Crippen molar-refractivity contribution in [3.8, 4) is 5.69 Å². The normalized spacial score (nSPS) is 14.7. The van der Waals surface area contributed by atoms with Crippen molar-refractivity contribution in [1.29, 1.82) is 0 Å². The van der Waals surface area contributed by atoms with E-state index in [1.807, 2.05) is 25.5 Å². The molecule has 1 aliphatic rings. The summed E-state index contributed by atoms with van der Waals surface area (Å²) in [5.41, 5.74) is 3.35. The van der Waals surface area contributed by atoms with E-state index in [-0.39, 0.29) is 11.9 Å². The summed E-state index contributed by atoms with van der Waals surface area (Å²) in [6.07, 6.45) is 2.56. The average molecular weight is 496 g/mol. The topological polar surface area (TPSA) is 63.5 Å². The molecule has 0 unspecified atom stereocenters. The van der Waals surface area contributed by atoms with Gasteiger partial charge in [-0.1, -0.05) is 20.8 Å². The minimum absolute atomic E-state index is 0.274. The van der Waals surface area contributed by atoms with E-state index in [9.17, 15) is 9.18 Å². The zero-order valence-electron chi connectivity index (χ0n) is 22.3. The summed E-state index contributed by atoms with van der Waals surface area (Å²) < 4.78 is 21.1. The van der Waals surface area contributed by atoms with Gasteiger partial charge in [-0.25, -0.2) is 18.9 Å². The van der Waals surface area contributed by atoms with Crippen molar-refractivity contribution >= 4 is 22.9 Å². The maximum Gasteiger partial charge on any atom is 0.410 e. The maximum atomic E-state index is 13.7. The first kappa shape index (κ1) is 25.9. The van der Waals surface area contributed by atoms with Crippen molar-refractivity contribution in [3.05, 3.63) is 47.4 Å². The van der Waals surface area contributed by atoms with Crippen LogP contribution in [0.15, 0.2) is 30.3 Å². The molecule has 0 radical (unpaired) electrons. The molecule has 3 heterocycles. The summed E-state index contributed by atoms with van der Waals surface area (Å²) in [5.74, 6) is 0.924. The van der Waals surface area contributed by atoms with Crippen molar-refractivity contribution < 1.29 is 13.9 Å². The minimum Gasteiger partial charge on any atom is -0.444 e. The zero-order valence-corrected chi connectivity index (χ0v) is 22.3. The second kappa shape index (κ2) is 10.4. The van der Waals surface area contributed by atoms with E-state index >= 15 is 0 Å². The van der Waals surface area contributed by atoms with Gasteiger partial charge in [0.05, 0.1) is 11.4 Å². The fourth-order valence-electron chi connectivity index (χ4n) is 4.81. The molecule has 0 N–H and O–H groups in total. The number of amides is 1. The lowest BCUT2D eigenvalue weighted by molar-refractivity contribution is 0.0240. The number of benzene rings is 1. The number of halogens is 1. The molecule has 0 saturated carbocycles. The molecular formula is C28H38FN5O2. The number of aromatic nitrogens is 3. The summed E-state index contributed by atoms with van der Waals surface area (Å²) in [6.45, 7) is 14.7. The molecule has 0 spiro atoms. The Balaban J connectivity index is 1.72. The third-order valence-corrected chi connectivity index (χ3v) is 6.81. The number of aryl methyl sites for hydroxylation is 1. The number of hydrogen-bond acceptors (Lipinski definition) is 5. The smallest absolute Gasteiger partial charge is 0.410 e. The van der Waals surface area contributed by atoms with Gasteiger partial charge in [-0.2, -0.15) is 5.10 Å². The molecule has 3 aromatic rings. The number of rotatable bonds is 6. The highest BCUT2D eigenvalue weighted by atomic mass is 19.1. The monoisotopic (exact) mass is 495 g/mol. The quantitative estimate of drug-likeness (QED) is 0.415. The average Bonchev–Trinajstić information content (AvgIpc) is 3.23. The Morgan fingerprint density at radius 2 is 1.69 bits per heavy atom. The van der Waals surface area contributed by atoms with E-state index in [1.165, 1.54) is 17.7 Å². The third kappa shape index (κ3) is 5.32. The van der Waals surface area contributed by atoms with Crippen LogP contribution < -0.4 is 4.90 Å². The molecule has 8 heteroatoms. The van der Waals surface area contributed by atoms with Crippen LogP contribution in [0.2, 0.25) is 0 Å². The van der Waals surface area contributed by atoms with Crippen LogP contribution in [0.3, 0.4) is 0 Å². The van der Waals surface area contributed by atoms with Crippen molar-refractivity contribution in [1.82, 2.24) is 19.7 Å². The van der Waals surface area contributed by atoms with Gasteiger partial charge in [-0.3, -0.25) is 0 Å². The molecule has 1 saturated heterocycles. The number of anilines is 1. The van der Waals surface area contributed by atoms with Crippen molar-refractivity contribution in [2.75, 3.05) is 31.1 Å². The number of hydrogen-bond donors (Lipinski definition) is 0. The molecular weight excluding hydrogens is 457 g/mol. The first-order valence-electron chi connectivity index (χ1n) is 13.1. The van der Waals surface area contributed by atoms with Gasteiger partial charge in [0.2, 0.25) is 0 Å². The number of piperazine rings is 1. The van der Waals surface area contributed by atoms with E-state index in [0.29, 0.717) is 32.1 Å². The Morgan fingerprint density at radius 1 is 1.06 bits per heavy atom. The Labute approximate surface area is 213 Å². The predicted octanol–water partition coefficient (Wildman–Crippen LogP) is 6.08. The lowest BCUT2D eigenvalue weighted by Crippen LogP contribution is -2.50. The number of carbonyl (C=O) groups excluding carboxylic acids is 1. The van der Waals surface area contributed by atoms with E-state index in [4.69, 9.17) is 14.8 Å². The Hall–Kier alpha value is -3.16. The first-order chi connectivity index (χ1) is 17.1. The van der Waals surface area contributed by atoms with Gasteiger partial charge >= 0.3 is 6.09 Å². The van der Waals surface area contributed by atoms with Gasteiger partial charge in [-0.15, -0.1) is 0 Å².